The van der Waals surface area contributed by atoms with Crippen LogP contribution in [0.1, 0.15) is 23.7 Å². The highest BCUT2D eigenvalue weighted by Crippen LogP contribution is 2.38. The average Bonchev–Trinajstić information content (AvgIpc) is 2.81. The molecule has 4 rings (SSSR count). The van der Waals surface area contributed by atoms with Crippen molar-refractivity contribution in [1.29, 1.82) is 0 Å². The first-order chi connectivity index (χ1) is 10.7. The molecule has 1 aliphatic rings. The zero-order chi connectivity index (χ0) is 15.2. The van der Waals surface area contributed by atoms with Gasteiger partial charge in [-0.3, -0.25) is 4.68 Å². The van der Waals surface area contributed by atoms with Crippen LogP contribution in [0.25, 0.3) is 17.0 Å². The number of hydrogen-bond donors (Lipinski definition) is 1. The van der Waals surface area contributed by atoms with Gasteiger partial charge in [-0.05, 0) is 29.9 Å². The molecule has 2 N–H and O–H groups in total. The van der Waals surface area contributed by atoms with Crippen molar-refractivity contribution >= 4 is 17.0 Å². The van der Waals surface area contributed by atoms with E-state index in [0.29, 0.717) is 0 Å². The highest BCUT2D eigenvalue weighted by Gasteiger charge is 2.29. The zero-order valence-electron chi connectivity index (χ0n) is 12.8. The van der Waals surface area contributed by atoms with Gasteiger partial charge in [0.15, 0.2) is 0 Å². The van der Waals surface area contributed by atoms with E-state index < -0.39 is 0 Å². The number of nitrogen functional groups attached to an aromatic ring is 1. The molecule has 2 aromatic carbocycles. The van der Waals surface area contributed by atoms with Crippen LogP contribution in [-0.4, -0.2) is 4.68 Å². The van der Waals surface area contributed by atoms with Crippen molar-refractivity contribution in [3.63, 3.8) is 0 Å². The maximum absolute atomic E-state index is 6.36. The molecule has 0 saturated heterocycles. The standard InChI is InChI=1S/C20H20N2/c1-20(13-15-7-3-2-4-8-15)12-11-17-16-9-5-6-10-18(16)22(21)19(17)14-20/h2-12H,13-14,21H2,1H3. The summed E-state index contributed by atoms with van der Waals surface area (Å²) >= 11 is 0. The van der Waals surface area contributed by atoms with Gasteiger partial charge in [0, 0.05) is 16.6 Å². The van der Waals surface area contributed by atoms with Gasteiger partial charge in [-0.2, -0.15) is 0 Å². The molecule has 110 valence electrons. The third-order valence-electron chi connectivity index (χ3n) is 4.73. The average molecular weight is 288 g/mol. The second-order valence-corrected chi connectivity index (χ2v) is 6.57. The number of allylic oxidation sites excluding steroid dienone is 1. The van der Waals surface area contributed by atoms with Crippen molar-refractivity contribution < 1.29 is 0 Å². The quantitative estimate of drug-likeness (QED) is 0.705. The minimum Gasteiger partial charge on any atom is -0.339 e. The van der Waals surface area contributed by atoms with E-state index in [1.165, 1.54) is 22.2 Å². The molecule has 2 heteroatoms. The Morgan fingerprint density at radius 1 is 1.05 bits per heavy atom. The lowest BCUT2D eigenvalue weighted by atomic mass is 9.75. The summed E-state index contributed by atoms with van der Waals surface area (Å²) in [5.74, 6) is 6.36. The predicted molar refractivity (Wildman–Crippen MR) is 93.1 cm³/mol. The predicted octanol–water partition coefficient (Wildman–Crippen LogP) is 4.17. The van der Waals surface area contributed by atoms with Gasteiger partial charge in [-0.15, -0.1) is 0 Å². The first-order valence-electron chi connectivity index (χ1n) is 7.77. The van der Waals surface area contributed by atoms with E-state index in [1.807, 2.05) is 10.7 Å². The largest absolute Gasteiger partial charge is 0.339 e. The fourth-order valence-corrected chi connectivity index (χ4v) is 3.62. The molecule has 22 heavy (non-hydrogen) atoms. The Kier molecular flexibility index (Phi) is 2.86. The Labute approximate surface area is 130 Å². The van der Waals surface area contributed by atoms with Crippen LogP contribution < -0.4 is 5.84 Å². The number of nitrogens with two attached hydrogens (primary N) is 1. The molecule has 1 atom stereocenters. The van der Waals surface area contributed by atoms with Crippen LogP contribution in [0.15, 0.2) is 60.7 Å². The van der Waals surface area contributed by atoms with Crippen molar-refractivity contribution in [2.45, 2.75) is 19.8 Å². The number of fused-ring (bicyclic) bond motifs is 3. The Hall–Kier alpha value is -2.48. The van der Waals surface area contributed by atoms with Crippen molar-refractivity contribution in [3.05, 3.63) is 77.5 Å². The molecule has 0 spiro atoms. The summed E-state index contributed by atoms with van der Waals surface area (Å²) in [5.41, 5.74) is 5.12. The Morgan fingerprint density at radius 2 is 1.77 bits per heavy atom. The van der Waals surface area contributed by atoms with Gasteiger partial charge in [0.05, 0.1) is 5.52 Å². The molecule has 0 aliphatic heterocycles. The van der Waals surface area contributed by atoms with E-state index in [0.717, 1.165) is 18.4 Å². The van der Waals surface area contributed by atoms with Gasteiger partial charge >= 0.3 is 0 Å². The summed E-state index contributed by atoms with van der Waals surface area (Å²) in [7, 11) is 0. The lowest BCUT2D eigenvalue weighted by Crippen LogP contribution is -2.26. The number of hydrogen-bond acceptors (Lipinski definition) is 1. The van der Waals surface area contributed by atoms with Crippen LogP contribution in [0.2, 0.25) is 0 Å². The summed E-state index contributed by atoms with van der Waals surface area (Å²) in [4.78, 5) is 0. The Morgan fingerprint density at radius 3 is 2.59 bits per heavy atom. The molecular weight excluding hydrogens is 268 g/mol. The molecule has 0 bridgehead atoms. The topological polar surface area (TPSA) is 30.9 Å². The highest BCUT2D eigenvalue weighted by molar-refractivity contribution is 5.92. The Balaban J connectivity index is 1.75. The van der Waals surface area contributed by atoms with Gasteiger partial charge in [0.1, 0.15) is 0 Å². The van der Waals surface area contributed by atoms with Crippen LogP contribution in [0.4, 0.5) is 0 Å². The number of nitrogens with zero attached hydrogens (tertiary/aromatic N) is 1. The van der Waals surface area contributed by atoms with E-state index in [9.17, 15) is 0 Å². The highest BCUT2D eigenvalue weighted by atomic mass is 15.3. The second kappa shape index (κ2) is 4.77. The summed E-state index contributed by atoms with van der Waals surface area (Å²) in [6.45, 7) is 2.32. The number of rotatable bonds is 2. The van der Waals surface area contributed by atoms with Gasteiger partial charge < -0.3 is 5.84 Å². The molecule has 0 saturated carbocycles. The van der Waals surface area contributed by atoms with E-state index in [1.54, 1.807) is 0 Å². The summed E-state index contributed by atoms with van der Waals surface area (Å²) in [5, 5.41) is 1.25. The molecule has 1 unspecified atom stereocenters. The molecule has 0 radical (unpaired) electrons. The number of para-hydroxylation sites is 1. The van der Waals surface area contributed by atoms with Crippen molar-refractivity contribution in [3.8, 4) is 0 Å². The molecule has 2 nitrogen and oxygen atoms in total. The van der Waals surface area contributed by atoms with Crippen molar-refractivity contribution in [2.75, 3.05) is 5.84 Å². The van der Waals surface area contributed by atoms with Crippen molar-refractivity contribution in [2.24, 2.45) is 5.41 Å². The molecule has 1 aromatic heterocycles. The smallest absolute Gasteiger partial charge is 0.0699 e. The lowest BCUT2D eigenvalue weighted by Gasteiger charge is -2.30. The van der Waals surface area contributed by atoms with Gasteiger partial charge in [0.25, 0.3) is 0 Å². The number of benzene rings is 2. The molecule has 1 heterocycles. The molecule has 3 aromatic rings. The maximum Gasteiger partial charge on any atom is 0.0699 e. The van der Waals surface area contributed by atoms with Crippen LogP contribution in [-0.2, 0) is 12.8 Å². The van der Waals surface area contributed by atoms with E-state index in [-0.39, 0.29) is 5.41 Å². The molecule has 0 fully saturated rings. The lowest BCUT2D eigenvalue weighted by molar-refractivity contribution is 0.411. The maximum atomic E-state index is 6.36. The monoisotopic (exact) mass is 288 g/mol. The number of aromatic nitrogens is 1. The van der Waals surface area contributed by atoms with Crippen LogP contribution >= 0.6 is 0 Å². The Bertz CT molecular complexity index is 858. The third kappa shape index (κ3) is 2.03. The normalized spacial score (nSPS) is 20.2. The minimum absolute atomic E-state index is 0.111. The first kappa shape index (κ1) is 13.2. The molecule has 0 amide bonds. The van der Waals surface area contributed by atoms with Gasteiger partial charge in [-0.25, -0.2) is 0 Å². The fourth-order valence-electron chi connectivity index (χ4n) is 3.62. The molecular formula is C20H20N2. The van der Waals surface area contributed by atoms with Gasteiger partial charge in [0.2, 0.25) is 0 Å². The van der Waals surface area contributed by atoms with E-state index in [4.69, 9.17) is 5.84 Å². The summed E-state index contributed by atoms with van der Waals surface area (Å²) in [6.07, 6.45) is 6.62. The summed E-state index contributed by atoms with van der Waals surface area (Å²) in [6, 6.07) is 19.1. The fraction of sp³-hybridized carbons (Fsp3) is 0.200. The van der Waals surface area contributed by atoms with Crippen molar-refractivity contribution in [1.82, 2.24) is 4.68 Å². The summed E-state index contributed by atoms with van der Waals surface area (Å²) < 4.78 is 1.87. The van der Waals surface area contributed by atoms with E-state index in [2.05, 4.69) is 67.6 Å². The van der Waals surface area contributed by atoms with Crippen LogP contribution in [0.3, 0.4) is 0 Å². The third-order valence-corrected chi connectivity index (χ3v) is 4.73. The zero-order valence-corrected chi connectivity index (χ0v) is 12.8. The van der Waals surface area contributed by atoms with Gasteiger partial charge in [-0.1, -0.05) is 67.6 Å². The van der Waals surface area contributed by atoms with E-state index >= 15 is 0 Å². The molecule has 1 aliphatic carbocycles. The van der Waals surface area contributed by atoms with Crippen LogP contribution in [0.5, 0.6) is 0 Å². The second-order valence-electron chi connectivity index (χ2n) is 6.57. The first-order valence-corrected chi connectivity index (χ1v) is 7.77. The minimum atomic E-state index is 0.111. The SMILES string of the molecule is CC1(Cc2ccccc2)C=Cc2c(n(N)c3ccccc23)C1. The van der Waals surface area contributed by atoms with Crippen LogP contribution in [0, 0.1) is 5.41 Å².